The van der Waals surface area contributed by atoms with E-state index in [0.29, 0.717) is 12.3 Å². The molecule has 0 aliphatic carbocycles. The minimum Gasteiger partial charge on any atom is -0.411 e. The maximum atomic E-state index is 12.6. The van der Waals surface area contributed by atoms with E-state index in [0.717, 1.165) is 12.1 Å². The summed E-state index contributed by atoms with van der Waals surface area (Å²) in [6.45, 7) is 0. The predicted octanol–water partition coefficient (Wildman–Crippen LogP) is 1.36. The van der Waals surface area contributed by atoms with Crippen molar-refractivity contribution >= 4 is 17.8 Å². The van der Waals surface area contributed by atoms with Crippen molar-refractivity contribution in [1.82, 2.24) is 0 Å². The van der Waals surface area contributed by atoms with Crippen LogP contribution in [-0.4, -0.2) is 17.3 Å². The summed E-state index contributed by atoms with van der Waals surface area (Å²) in [5, 5.41) is 12.5. The fraction of sp³-hybridized carbons (Fsp3) is 0. The van der Waals surface area contributed by atoms with Crippen LogP contribution in [0.4, 0.5) is 14.5 Å². The first-order chi connectivity index (χ1) is 6.61. The molecule has 0 saturated heterocycles. The lowest BCUT2D eigenvalue weighted by atomic mass is 10.3. The van der Waals surface area contributed by atoms with E-state index >= 15 is 0 Å². The molecule has 0 heterocycles. The van der Waals surface area contributed by atoms with Crippen molar-refractivity contribution < 1.29 is 18.8 Å². The molecular weight excluding hydrogens is 194 g/mol. The summed E-state index contributed by atoms with van der Waals surface area (Å²) in [6.07, 6.45) is 0.572. The summed E-state index contributed by atoms with van der Waals surface area (Å²) in [5.41, 5.74) is -0.0487. The number of carbonyl (C=O) groups excluding carboxylic acids is 1. The molecule has 0 unspecified atom stereocenters. The molecule has 0 aliphatic heterocycles. The SMILES string of the molecule is O=C(/C=N\O)Nc1cc(F)cc(F)c1. The molecular formula is C8H6F2N2O2. The molecule has 1 aromatic rings. The van der Waals surface area contributed by atoms with E-state index in [2.05, 4.69) is 10.5 Å². The van der Waals surface area contributed by atoms with Crippen LogP contribution in [0.5, 0.6) is 0 Å². The Balaban J connectivity index is 2.81. The third kappa shape index (κ3) is 2.81. The number of rotatable bonds is 2. The predicted molar refractivity (Wildman–Crippen MR) is 45.3 cm³/mol. The number of amides is 1. The number of nitrogens with one attached hydrogen (secondary N) is 1. The van der Waals surface area contributed by atoms with Crippen LogP contribution in [0.2, 0.25) is 0 Å². The molecule has 0 atom stereocenters. The molecule has 0 fully saturated rings. The van der Waals surface area contributed by atoms with E-state index in [-0.39, 0.29) is 5.69 Å². The van der Waals surface area contributed by atoms with Gasteiger partial charge in [0.25, 0.3) is 5.91 Å². The Kier molecular flexibility index (Phi) is 3.11. The molecule has 0 radical (unpaired) electrons. The van der Waals surface area contributed by atoms with Gasteiger partial charge in [0.15, 0.2) is 0 Å². The smallest absolute Gasteiger partial charge is 0.270 e. The highest BCUT2D eigenvalue weighted by Gasteiger charge is 2.02. The topological polar surface area (TPSA) is 61.7 Å². The summed E-state index contributed by atoms with van der Waals surface area (Å²) >= 11 is 0. The molecule has 4 nitrogen and oxygen atoms in total. The summed E-state index contributed by atoms with van der Waals surface area (Å²) in [5.74, 6) is -2.39. The monoisotopic (exact) mass is 200 g/mol. The zero-order valence-corrected chi connectivity index (χ0v) is 6.87. The number of halogens is 2. The third-order valence-electron chi connectivity index (χ3n) is 1.31. The molecule has 0 aliphatic rings. The lowest BCUT2D eigenvalue weighted by Gasteiger charge is -2.01. The Morgan fingerprint density at radius 1 is 1.36 bits per heavy atom. The van der Waals surface area contributed by atoms with E-state index in [1.807, 2.05) is 0 Å². The van der Waals surface area contributed by atoms with Gasteiger partial charge in [-0.3, -0.25) is 4.79 Å². The quantitative estimate of drug-likeness (QED) is 0.430. The van der Waals surface area contributed by atoms with Crippen molar-refractivity contribution in [1.29, 1.82) is 0 Å². The van der Waals surface area contributed by atoms with Crippen LogP contribution in [0.15, 0.2) is 23.4 Å². The lowest BCUT2D eigenvalue weighted by Crippen LogP contribution is -2.12. The number of oxime groups is 1. The highest BCUT2D eigenvalue weighted by molar-refractivity contribution is 6.31. The van der Waals surface area contributed by atoms with E-state index in [1.54, 1.807) is 0 Å². The van der Waals surface area contributed by atoms with Gasteiger partial charge in [-0.05, 0) is 12.1 Å². The van der Waals surface area contributed by atoms with Gasteiger partial charge in [0.2, 0.25) is 0 Å². The number of carbonyl (C=O) groups is 1. The second-order valence-electron chi connectivity index (χ2n) is 2.39. The van der Waals surface area contributed by atoms with E-state index in [1.165, 1.54) is 0 Å². The van der Waals surface area contributed by atoms with Crippen LogP contribution in [-0.2, 0) is 4.79 Å². The minimum absolute atomic E-state index is 0.0487. The van der Waals surface area contributed by atoms with Crippen molar-refractivity contribution in [3.8, 4) is 0 Å². The number of benzene rings is 1. The number of anilines is 1. The molecule has 1 aromatic carbocycles. The van der Waals surface area contributed by atoms with Crippen LogP contribution in [0, 0.1) is 11.6 Å². The largest absolute Gasteiger partial charge is 0.411 e. The zero-order chi connectivity index (χ0) is 10.6. The molecule has 14 heavy (non-hydrogen) atoms. The van der Waals surface area contributed by atoms with Crippen molar-refractivity contribution in [2.45, 2.75) is 0 Å². The van der Waals surface area contributed by atoms with Crippen LogP contribution in [0.3, 0.4) is 0 Å². The first kappa shape index (κ1) is 10.1. The third-order valence-corrected chi connectivity index (χ3v) is 1.31. The molecule has 0 saturated carbocycles. The van der Waals surface area contributed by atoms with Gasteiger partial charge in [0, 0.05) is 11.8 Å². The molecule has 0 bridgehead atoms. The van der Waals surface area contributed by atoms with Crippen molar-refractivity contribution in [2.24, 2.45) is 5.16 Å². The Bertz CT molecular complexity index is 359. The molecule has 2 N–H and O–H groups in total. The fourth-order valence-corrected chi connectivity index (χ4v) is 0.853. The molecule has 0 aromatic heterocycles. The molecule has 6 heteroatoms. The van der Waals surface area contributed by atoms with Crippen molar-refractivity contribution in [2.75, 3.05) is 5.32 Å². The molecule has 0 spiro atoms. The van der Waals surface area contributed by atoms with Gasteiger partial charge in [-0.15, -0.1) is 0 Å². The van der Waals surface area contributed by atoms with Crippen molar-refractivity contribution in [3.05, 3.63) is 29.8 Å². The van der Waals surface area contributed by atoms with E-state index < -0.39 is 17.5 Å². The van der Waals surface area contributed by atoms with Crippen LogP contribution in [0.25, 0.3) is 0 Å². The second kappa shape index (κ2) is 4.31. The van der Waals surface area contributed by atoms with Gasteiger partial charge in [-0.1, -0.05) is 5.16 Å². The van der Waals surface area contributed by atoms with Gasteiger partial charge >= 0.3 is 0 Å². The summed E-state index contributed by atoms with van der Waals surface area (Å²) in [7, 11) is 0. The minimum atomic E-state index is -0.804. The molecule has 1 amide bonds. The maximum Gasteiger partial charge on any atom is 0.270 e. The standard InChI is InChI=1S/C8H6F2N2O2/c9-5-1-6(10)3-7(2-5)12-8(13)4-11-14/h1-4,14H,(H,12,13)/b11-4-. The van der Waals surface area contributed by atoms with E-state index in [9.17, 15) is 13.6 Å². The van der Waals surface area contributed by atoms with Gasteiger partial charge in [0.1, 0.15) is 17.8 Å². The van der Waals surface area contributed by atoms with Gasteiger partial charge in [-0.25, -0.2) is 8.78 Å². The average molecular weight is 200 g/mol. The Morgan fingerprint density at radius 3 is 2.43 bits per heavy atom. The Hall–Kier alpha value is -1.98. The van der Waals surface area contributed by atoms with E-state index in [4.69, 9.17) is 5.21 Å². The Morgan fingerprint density at radius 2 is 1.93 bits per heavy atom. The first-order valence-electron chi connectivity index (χ1n) is 3.56. The van der Waals surface area contributed by atoms with Gasteiger partial charge < -0.3 is 10.5 Å². The van der Waals surface area contributed by atoms with Crippen LogP contribution >= 0.6 is 0 Å². The Labute approximate surface area is 77.8 Å². The molecule has 1 rings (SSSR count). The zero-order valence-electron chi connectivity index (χ0n) is 6.87. The number of hydrogen-bond acceptors (Lipinski definition) is 3. The molecule has 74 valence electrons. The highest BCUT2D eigenvalue weighted by atomic mass is 19.1. The van der Waals surface area contributed by atoms with Crippen LogP contribution < -0.4 is 5.32 Å². The lowest BCUT2D eigenvalue weighted by molar-refractivity contribution is -0.110. The van der Waals surface area contributed by atoms with Crippen LogP contribution in [0.1, 0.15) is 0 Å². The van der Waals surface area contributed by atoms with Gasteiger partial charge in [-0.2, -0.15) is 0 Å². The van der Waals surface area contributed by atoms with Gasteiger partial charge in [0.05, 0.1) is 0 Å². The normalized spacial score (nSPS) is 10.4. The van der Waals surface area contributed by atoms with Crippen molar-refractivity contribution in [3.63, 3.8) is 0 Å². The number of nitrogens with zero attached hydrogens (tertiary/aromatic N) is 1. The average Bonchev–Trinajstić information content (AvgIpc) is 2.01. The highest BCUT2D eigenvalue weighted by Crippen LogP contribution is 2.12. The summed E-state index contributed by atoms with van der Waals surface area (Å²) in [6, 6.07) is 2.55. The maximum absolute atomic E-state index is 12.6. The number of hydrogen-bond donors (Lipinski definition) is 2. The summed E-state index contributed by atoms with van der Waals surface area (Å²) in [4.78, 5) is 10.8. The summed E-state index contributed by atoms with van der Waals surface area (Å²) < 4.78 is 25.2. The first-order valence-corrected chi connectivity index (χ1v) is 3.56. The second-order valence-corrected chi connectivity index (χ2v) is 2.39. The fourth-order valence-electron chi connectivity index (χ4n) is 0.853.